The maximum absolute atomic E-state index is 13.3. The Balaban J connectivity index is 0.00000338. The maximum Gasteiger partial charge on any atom is 0.238 e. The third-order valence-electron chi connectivity index (χ3n) is 3.62. The molecular formula is C17H22FIN4O2S. The number of nitrogens with zero attached hydrogens (tertiary/aromatic N) is 1. The molecule has 0 aliphatic carbocycles. The van der Waals surface area contributed by atoms with Crippen LogP contribution < -0.4 is 15.8 Å². The van der Waals surface area contributed by atoms with Crippen LogP contribution in [0.3, 0.4) is 0 Å². The predicted octanol–water partition coefficient (Wildman–Crippen LogP) is 2.26. The first kappa shape index (κ1) is 22.3. The fourth-order valence-electron chi connectivity index (χ4n) is 2.21. The van der Waals surface area contributed by atoms with Gasteiger partial charge in [0.05, 0.1) is 4.90 Å². The zero-order chi connectivity index (χ0) is 18.4. The summed E-state index contributed by atoms with van der Waals surface area (Å²) in [6.07, 6.45) is 0. The summed E-state index contributed by atoms with van der Waals surface area (Å²) in [7, 11) is -2.04. The third kappa shape index (κ3) is 6.54. The van der Waals surface area contributed by atoms with Crippen LogP contribution in [-0.2, 0) is 23.1 Å². The number of nitrogens with two attached hydrogens (primary N) is 1. The highest BCUT2D eigenvalue weighted by Crippen LogP contribution is 2.10. The molecule has 26 heavy (non-hydrogen) atoms. The zero-order valence-corrected chi connectivity index (χ0v) is 17.6. The van der Waals surface area contributed by atoms with Crippen LogP contribution >= 0.6 is 24.0 Å². The molecule has 0 aliphatic rings. The monoisotopic (exact) mass is 492 g/mol. The quantitative estimate of drug-likeness (QED) is 0.339. The van der Waals surface area contributed by atoms with Crippen molar-refractivity contribution in [2.24, 2.45) is 10.1 Å². The summed E-state index contributed by atoms with van der Waals surface area (Å²) in [5, 5.41) is 11.3. The summed E-state index contributed by atoms with van der Waals surface area (Å²) in [6.45, 7) is 2.69. The summed E-state index contributed by atoms with van der Waals surface area (Å²) < 4.78 is 35.7. The van der Waals surface area contributed by atoms with Crippen LogP contribution in [0.25, 0.3) is 0 Å². The molecule has 2 rings (SSSR count). The Morgan fingerprint density at radius 2 is 1.62 bits per heavy atom. The van der Waals surface area contributed by atoms with Gasteiger partial charge in [0.2, 0.25) is 10.0 Å². The third-order valence-corrected chi connectivity index (χ3v) is 4.55. The van der Waals surface area contributed by atoms with E-state index in [2.05, 4.69) is 15.6 Å². The average Bonchev–Trinajstić information content (AvgIpc) is 2.57. The van der Waals surface area contributed by atoms with Gasteiger partial charge in [0.15, 0.2) is 5.96 Å². The molecule has 0 aromatic heterocycles. The fraction of sp³-hybridized carbons (Fsp3) is 0.235. The van der Waals surface area contributed by atoms with Crippen molar-refractivity contribution in [2.45, 2.75) is 24.9 Å². The van der Waals surface area contributed by atoms with Gasteiger partial charge in [-0.1, -0.05) is 24.3 Å². The minimum atomic E-state index is -3.68. The highest BCUT2D eigenvalue weighted by molar-refractivity contribution is 14.0. The summed E-state index contributed by atoms with van der Waals surface area (Å²) in [6, 6.07) is 11.2. The normalized spacial score (nSPS) is 11.6. The van der Waals surface area contributed by atoms with Crippen molar-refractivity contribution in [1.29, 1.82) is 0 Å². The predicted molar refractivity (Wildman–Crippen MR) is 111 cm³/mol. The summed E-state index contributed by atoms with van der Waals surface area (Å²) in [4.78, 5) is 4.19. The molecule has 0 unspecified atom stereocenters. The highest BCUT2D eigenvalue weighted by Gasteiger charge is 2.07. The van der Waals surface area contributed by atoms with E-state index in [4.69, 9.17) is 5.14 Å². The van der Waals surface area contributed by atoms with Crippen LogP contribution in [0.5, 0.6) is 0 Å². The lowest BCUT2D eigenvalue weighted by Gasteiger charge is -2.12. The van der Waals surface area contributed by atoms with E-state index in [1.54, 1.807) is 38.2 Å². The smallest absolute Gasteiger partial charge is 0.238 e. The van der Waals surface area contributed by atoms with Crippen molar-refractivity contribution in [3.63, 3.8) is 0 Å². The van der Waals surface area contributed by atoms with E-state index < -0.39 is 10.0 Å². The number of aryl methyl sites for hydroxylation is 1. The minimum Gasteiger partial charge on any atom is -0.352 e. The molecular weight excluding hydrogens is 470 g/mol. The molecule has 0 atom stereocenters. The molecule has 0 aliphatic heterocycles. The van der Waals surface area contributed by atoms with Crippen LogP contribution in [0.1, 0.15) is 16.7 Å². The van der Waals surface area contributed by atoms with E-state index in [0.717, 1.165) is 11.1 Å². The van der Waals surface area contributed by atoms with E-state index in [1.165, 1.54) is 18.2 Å². The summed E-state index contributed by atoms with van der Waals surface area (Å²) >= 11 is 0. The second-order valence-corrected chi connectivity index (χ2v) is 7.11. The van der Waals surface area contributed by atoms with Gasteiger partial charge in [-0.3, -0.25) is 4.99 Å². The Bertz CT molecular complexity index is 871. The standard InChI is InChI=1S/C17H21FN4O2S.HI/c1-12-9-14(5-8-16(12)18)11-22-17(20-2)21-10-13-3-6-15(7-4-13)25(19,23)24;/h3-9H,10-11H2,1-2H3,(H2,19,23,24)(H2,20,21,22);1H. The topological polar surface area (TPSA) is 96.6 Å². The van der Waals surface area contributed by atoms with Crippen LogP contribution in [0.2, 0.25) is 0 Å². The molecule has 2 aromatic carbocycles. The van der Waals surface area contributed by atoms with Crippen LogP contribution in [0.15, 0.2) is 52.4 Å². The Labute approximate surface area is 170 Å². The molecule has 0 heterocycles. The van der Waals surface area contributed by atoms with E-state index in [1.807, 2.05) is 0 Å². The Kier molecular flexibility index (Phi) is 8.44. The molecule has 142 valence electrons. The first-order valence-corrected chi connectivity index (χ1v) is 9.15. The molecule has 0 spiro atoms. The van der Waals surface area contributed by atoms with Gasteiger partial charge in [0, 0.05) is 20.1 Å². The Morgan fingerprint density at radius 1 is 1.08 bits per heavy atom. The SMILES string of the molecule is CN=C(NCc1ccc(S(N)(=O)=O)cc1)NCc1ccc(F)c(C)c1.I. The Morgan fingerprint density at radius 3 is 2.12 bits per heavy atom. The average molecular weight is 492 g/mol. The number of benzene rings is 2. The van der Waals surface area contributed by atoms with Crippen LogP contribution in [0.4, 0.5) is 4.39 Å². The number of rotatable bonds is 5. The second kappa shape index (κ2) is 9.83. The summed E-state index contributed by atoms with van der Waals surface area (Å²) in [5.41, 5.74) is 2.42. The van der Waals surface area contributed by atoms with Crippen molar-refractivity contribution in [1.82, 2.24) is 10.6 Å². The number of halogens is 2. The van der Waals surface area contributed by atoms with Gasteiger partial charge in [0.25, 0.3) is 0 Å². The fourth-order valence-corrected chi connectivity index (χ4v) is 2.72. The largest absolute Gasteiger partial charge is 0.352 e. The maximum atomic E-state index is 13.3. The summed E-state index contributed by atoms with van der Waals surface area (Å²) in [5.74, 6) is 0.353. The van der Waals surface area contributed by atoms with Gasteiger partial charge < -0.3 is 10.6 Å². The van der Waals surface area contributed by atoms with E-state index in [9.17, 15) is 12.8 Å². The van der Waals surface area contributed by atoms with Crippen molar-refractivity contribution in [2.75, 3.05) is 7.05 Å². The number of hydrogen-bond donors (Lipinski definition) is 3. The van der Waals surface area contributed by atoms with E-state index in [-0.39, 0.29) is 34.7 Å². The molecule has 4 N–H and O–H groups in total. The molecule has 6 nitrogen and oxygen atoms in total. The number of hydrogen-bond acceptors (Lipinski definition) is 3. The van der Waals surface area contributed by atoms with Gasteiger partial charge in [-0.25, -0.2) is 17.9 Å². The lowest BCUT2D eigenvalue weighted by molar-refractivity contribution is 0.597. The lowest BCUT2D eigenvalue weighted by Crippen LogP contribution is -2.36. The molecule has 0 amide bonds. The second-order valence-electron chi connectivity index (χ2n) is 5.55. The number of aliphatic imine (C=N–C) groups is 1. The van der Waals surface area contributed by atoms with Gasteiger partial charge in [-0.2, -0.15) is 0 Å². The zero-order valence-electron chi connectivity index (χ0n) is 14.5. The first-order valence-electron chi connectivity index (χ1n) is 7.61. The van der Waals surface area contributed by atoms with Gasteiger partial charge >= 0.3 is 0 Å². The molecule has 0 radical (unpaired) electrons. The molecule has 0 fully saturated rings. The van der Waals surface area contributed by atoms with E-state index >= 15 is 0 Å². The van der Waals surface area contributed by atoms with Gasteiger partial charge in [0.1, 0.15) is 5.82 Å². The van der Waals surface area contributed by atoms with Crippen LogP contribution in [-0.4, -0.2) is 21.4 Å². The molecule has 0 bridgehead atoms. The van der Waals surface area contributed by atoms with Crippen molar-refractivity contribution < 1.29 is 12.8 Å². The molecule has 0 saturated carbocycles. The van der Waals surface area contributed by atoms with Crippen LogP contribution in [0, 0.1) is 12.7 Å². The Hall–Kier alpha value is -1.72. The van der Waals surface area contributed by atoms with Gasteiger partial charge in [-0.15, -0.1) is 24.0 Å². The molecule has 9 heteroatoms. The van der Waals surface area contributed by atoms with Gasteiger partial charge in [-0.05, 0) is 41.8 Å². The lowest BCUT2D eigenvalue weighted by atomic mass is 10.1. The number of nitrogens with one attached hydrogen (secondary N) is 2. The van der Waals surface area contributed by atoms with Crippen molar-refractivity contribution >= 4 is 40.0 Å². The number of sulfonamides is 1. The minimum absolute atomic E-state index is 0. The first-order chi connectivity index (χ1) is 11.8. The molecule has 0 saturated heterocycles. The molecule has 2 aromatic rings. The number of primary sulfonamides is 1. The van der Waals surface area contributed by atoms with Crippen molar-refractivity contribution in [3.05, 3.63) is 65.0 Å². The van der Waals surface area contributed by atoms with E-state index in [0.29, 0.717) is 24.6 Å². The number of guanidine groups is 1. The highest BCUT2D eigenvalue weighted by atomic mass is 127. The van der Waals surface area contributed by atoms with Crippen molar-refractivity contribution in [3.8, 4) is 0 Å².